The minimum atomic E-state index is -3.53. The van der Waals surface area contributed by atoms with Gasteiger partial charge >= 0.3 is 0 Å². The van der Waals surface area contributed by atoms with E-state index in [1.807, 2.05) is 17.0 Å². The summed E-state index contributed by atoms with van der Waals surface area (Å²) in [6.07, 6.45) is 1.77. The summed E-state index contributed by atoms with van der Waals surface area (Å²) in [7, 11) is -3.53. The minimum Gasteiger partial charge on any atom is -0.454 e. The van der Waals surface area contributed by atoms with Gasteiger partial charge in [0.1, 0.15) is 6.54 Å². The number of benzene rings is 2. The van der Waals surface area contributed by atoms with Crippen molar-refractivity contribution >= 4 is 15.9 Å². The van der Waals surface area contributed by atoms with Gasteiger partial charge in [0.2, 0.25) is 16.8 Å². The van der Waals surface area contributed by atoms with Gasteiger partial charge in [-0.3, -0.25) is 4.79 Å². The molecule has 1 N–H and O–H groups in total. The topological polar surface area (TPSA) is 80.6 Å². The molecule has 170 valence electrons. The van der Waals surface area contributed by atoms with E-state index in [4.69, 9.17) is 9.47 Å². The van der Waals surface area contributed by atoms with Gasteiger partial charge in [0.25, 0.3) is 5.91 Å². The standard InChI is InChI=1S/C23H27N3O5S/c27-23(19-4-3-5-20(15-19)32(28,29)26-8-1-2-9-26)25-12-10-24(11-13-25)16-18-6-7-21-22(14-18)31-17-30-21/h3-7,14-15H,1-2,8-13,16-17H2/p+1. The number of carbonyl (C=O) groups is 1. The highest BCUT2D eigenvalue weighted by atomic mass is 32.2. The van der Waals surface area contributed by atoms with Crippen LogP contribution in [0, 0.1) is 0 Å². The van der Waals surface area contributed by atoms with Crippen molar-refractivity contribution in [2.75, 3.05) is 46.1 Å². The van der Waals surface area contributed by atoms with Crippen molar-refractivity contribution in [2.24, 2.45) is 0 Å². The number of sulfonamides is 1. The SMILES string of the molecule is O=C(c1cccc(S(=O)(=O)N2CCCC2)c1)N1CC[NH+](Cc2ccc3c(c2)OCO3)CC1. The molecule has 0 radical (unpaired) electrons. The van der Waals surface area contributed by atoms with Gasteiger partial charge in [-0.1, -0.05) is 6.07 Å². The van der Waals surface area contributed by atoms with Crippen LogP contribution in [-0.4, -0.2) is 69.6 Å². The van der Waals surface area contributed by atoms with E-state index in [0.29, 0.717) is 31.7 Å². The Hall–Kier alpha value is -2.62. The van der Waals surface area contributed by atoms with E-state index < -0.39 is 10.0 Å². The summed E-state index contributed by atoms with van der Waals surface area (Å²) < 4.78 is 38.0. The Morgan fingerprint density at radius 2 is 1.69 bits per heavy atom. The van der Waals surface area contributed by atoms with E-state index in [0.717, 1.165) is 44.0 Å². The molecule has 2 fully saturated rings. The predicted octanol–water partition coefficient (Wildman–Crippen LogP) is 0.741. The predicted molar refractivity (Wildman–Crippen MR) is 117 cm³/mol. The third-order valence-electron chi connectivity index (χ3n) is 6.43. The monoisotopic (exact) mass is 458 g/mol. The van der Waals surface area contributed by atoms with Crippen LogP contribution in [0.5, 0.6) is 11.5 Å². The third kappa shape index (κ3) is 4.20. The average molecular weight is 459 g/mol. The van der Waals surface area contributed by atoms with E-state index in [1.54, 1.807) is 18.2 Å². The molecule has 0 bridgehead atoms. The molecular weight excluding hydrogens is 430 g/mol. The van der Waals surface area contributed by atoms with Crippen molar-refractivity contribution in [3.05, 3.63) is 53.6 Å². The lowest BCUT2D eigenvalue weighted by atomic mass is 10.1. The number of quaternary nitrogens is 1. The summed E-state index contributed by atoms with van der Waals surface area (Å²) in [4.78, 5) is 16.5. The molecule has 1 amide bonds. The van der Waals surface area contributed by atoms with E-state index in [-0.39, 0.29) is 17.6 Å². The van der Waals surface area contributed by atoms with Gasteiger partial charge in [-0.25, -0.2) is 8.42 Å². The van der Waals surface area contributed by atoms with Crippen LogP contribution in [0.4, 0.5) is 0 Å². The fourth-order valence-corrected chi connectivity index (χ4v) is 6.16. The maximum atomic E-state index is 13.1. The number of piperazine rings is 1. The Kier molecular flexibility index (Phi) is 5.79. The van der Waals surface area contributed by atoms with Crippen LogP contribution >= 0.6 is 0 Å². The van der Waals surface area contributed by atoms with Crippen molar-refractivity contribution in [2.45, 2.75) is 24.3 Å². The van der Waals surface area contributed by atoms with Gasteiger partial charge in [0.05, 0.1) is 31.1 Å². The lowest BCUT2D eigenvalue weighted by Crippen LogP contribution is -3.13. The van der Waals surface area contributed by atoms with Crippen molar-refractivity contribution < 1.29 is 27.6 Å². The van der Waals surface area contributed by atoms with Crippen molar-refractivity contribution in [3.63, 3.8) is 0 Å². The van der Waals surface area contributed by atoms with Gasteiger partial charge in [0.15, 0.2) is 11.5 Å². The van der Waals surface area contributed by atoms with Gasteiger partial charge in [0, 0.05) is 24.2 Å². The lowest BCUT2D eigenvalue weighted by Gasteiger charge is -2.32. The van der Waals surface area contributed by atoms with Gasteiger partial charge < -0.3 is 19.3 Å². The number of fused-ring (bicyclic) bond motifs is 1. The van der Waals surface area contributed by atoms with Crippen molar-refractivity contribution in [1.82, 2.24) is 9.21 Å². The minimum absolute atomic E-state index is 0.106. The molecule has 3 heterocycles. The van der Waals surface area contributed by atoms with Crippen LogP contribution in [0.3, 0.4) is 0 Å². The fourth-order valence-electron chi connectivity index (χ4n) is 4.59. The number of nitrogens with one attached hydrogen (secondary N) is 1. The molecule has 0 aromatic heterocycles. The number of hydrogen-bond donors (Lipinski definition) is 1. The van der Waals surface area contributed by atoms with Crippen LogP contribution in [0.1, 0.15) is 28.8 Å². The number of carbonyl (C=O) groups excluding carboxylic acids is 1. The molecule has 5 rings (SSSR count). The smallest absolute Gasteiger partial charge is 0.254 e. The largest absolute Gasteiger partial charge is 0.454 e. The second-order valence-corrected chi connectivity index (χ2v) is 10.5. The van der Waals surface area contributed by atoms with Crippen molar-refractivity contribution in [3.8, 4) is 11.5 Å². The molecule has 3 aliphatic rings. The van der Waals surface area contributed by atoms with E-state index >= 15 is 0 Å². The first kappa shape index (κ1) is 21.2. The molecule has 0 saturated carbocycles. The molecule has 0 unspecified atom stereocenters. The summed E-state index contributed by atoms with van der Waals surface area (Å²) >= 11 is 0. The Morgan fingerprint density at radius 3 is 2.47 bits per heavy atom. The first-order valence-electron chi connectivity index (χ1n) is 11.1. The number of nitrogens with zero attached hydrogens (tertiary/aromatic N) is 2. The zero-order chi connectivity index (χ0) is 22.1. The fraction of sp³-hybridized carbons (Fsp3) is 0.435. The van der Waals surface area contributed by atoms with E-state index in [1.165, 1.54) is 20.8 Å². The number of hydrogen-bond acceptors (Lipinski definition) is 5. The van der Waals surface area contributed by atoms with E-state index in [9.17, 15) is 13.2 Å². The molecule has 0 atom stereocenters. The van der Waals surface area contributed by atoms with Gasteiger partial charge in [-0.15, -0.1) is 0 Å². The van der Waals surface area contributed by atoms with Crippen LogP contribution < -0.4 is 14.4 Å². The van der Waals surface area contributed by atoms with E-state index in [2.05, 4.69) is 6.07 Å². The molecule has 0 aliphatic carbocycles. The van der Waals surface area contributed by atoms with Crippen LogP contribution in [0.15, 0.2) is 47.4 Å². The Bertz CT molecular complexity index is 1110. The summed E-state index contributed by atoms with van der Waals surface area (Å²) in [5.74, 6) is 1.47. The Morgan fingerprint density at radius 1 is 0.938 bits per heavy atom. The molecule has 9 heteroatoms. The molecule has 32 heavy (non-hydrogen) atoms. The van der Waals surface area contributed by atoms with Gasteiger partial charge in [-0.05, 0) is 49.2 Å². The molecule has 8 nitrogen and oxygen atoms in total. The lowest BCUT2D eigenvalue weighted by molar-refractivity contribution is -0.917. The molecular formula is C23H28N3O5S+. The molecule has 3 aliphatic heterocycles. The molecule has 0 spiro atoms. The Labute approximate surface area is 188 Å². The highest BCUT2D eigenvalue weighted by Crippen LogP contribution is 2.32. The van der Waals surface area contributed by atoms with Crippen LogP contribution in [-0.2, 0) is 16.6 Å². The zero-order valence-corrected chi connectivity index (χ0v) is 18.8. The van der Waals surface area contributed by atoms with Crippen LogP contribution in [0.2, 0.25) is 0 Å². The summed E-state index contributed by atoms with van der Waals surface area (Å²) in [6, 6.07) is 12.5. The number of amides is 1. The van der Waals surface area contributed by atoms with Gasteiger partial charge in [-0.2, -0.15) is 4.31 Å². The number of ether oxygens (including phenoxy) is 2. The quantitative estimate of drug-likeness (QED) is 0.715. The normalized spacial score (nSPS) is 19.4. The Balaban J connectivity index is 1.21. The summed E-state index contributed by atoms with van der Waals surface area (Å²) in [6.45, 7) is 5.19. The first-order valence-corrected chi connectivity index (χ1v) is 12.6. The molecule has 2 saturated heterocycles. The second kappa shape index (κ2) is 8.73. The highest BCUT2D eigenvalue weighted by molar-refractivity contribution is 7.89. The summed E-state index contributed by atoms with van der Waals surface area (Å²) in [5, 5.41) is 0. The third-order valence-corrected chi connectivity index (χ3v) is 8.33. The highest BCUT2D eigenvalue weighted by Gasteiger charge is 2.29. The van der Waals surface area contributed by atoms with Crippen molar-refractivity contribution in [1.29, 1.82) is 0 Å². The maximum absolute atomic E-state index is 13.1. The first-order chi connectivity index (χ1) is 15.5. The average Bonchev–Trinajstić information content (AvgIpc) is 3.51. The molecule has 2 aromatic carbocycles. The summed E-state index contributed by atoms with van der Waals surface area (Å²) in [5.41, 5.74) is 1.62. The van der Waals surface area contributed by atoms with Crippen LogP contribution in [0.25, 0.3) is 0 Å². The molecule has 2 aromatic rings. The maximum Gasteiger partial charge on any atom is 0.254 e. The number of rotatable bonds is 5. The zero-order valence-electron chi connectivity index (χ0n) is 18.0. The second-order valence-electron chi connectivity index (χ2n) is 8.55.